The number of fused-ring (bicyclic) bond motifs is 1. The quantitative estimate of drug-likeness (QED) is 0.772. The molecule has 2 aromatic rings. The fourth-order valence-corrected chi connectivity index (χ4v) is 2.81. The molecular formula is C9H8ClN3S2. The number of thiocarbonyl (C=S) groups is 1. The molecule has 0 aliphatic carbocycles. The molecule has 6 heteroatoms. The second-order valence-corrected chi connectivity index (χ2v) is 4.98. The van der Waals surface area contributed by atoms with Gasteiger partial charge in [0.05, 0.1) is 9.72 Å². The van der Waals surface area contributed by atoms with Crippen molar-refractivity contribution >= 4 is 55.6 Å². The van der Waals surface area contributed by atoms with Crippen LogP contribution in [0.15, 0.2) is 12.1 Å². The lowest BCUT2D eigenvalue weighted by molar-refractivity contribution is 1.45. The molecule has 0 aliphatic rings. The van der Waals surface area contributed by atoms with Gasteiger partial charge in [0.25, 0.3) is 0 Å². The molecule has 0 saturated heterocycles. The molecule has 0 unspecified atom stereocenters. The smallest absolute Gasteiger partial charge is 0.190 e. The van der Waals surface area contributed by atoms with E-state index in [1.54, 1.807) is 0 Å². The van der Waals surface area contributed by atoms with Crippen molar-refractivity contribution in [2.75, 3.05) is 5.32 Å². The number of aromatic nitrogens is 1. The van der Waals surface area contributed by atoms with Crippen LogP contribution in [0, 0.1) is 6.92 Å². The van der Waals surface area contributed by atoms with Gasteiger partial charge in [-0.2, -0.15) is 0 Å². The molecule has 0 atom stereocenters. The summed E-state index contributed by atoms with van der Waals surface area (Å²) < 4.78 is 1.03. The lowest BCUT2D eigenvalue weighted by Crippen LogP contribution is -2.18. The minimum absolute atomic E-state index is 0.210. The maximum absolute atomic E-state index is 6.06. The van der Waals surface area contributed by atoms with Gasteiger partial charge in [-0.15, -0.1) is 0 Å². The first-order valence-electron chi connectivity index (χ1n) is 4.19. The van der Waals surface area contributed by atoms with Gasteiger partial charge >= 0.3 is 0 Å². The Balaban J connectivity index is 2.55. The van der Waals surface area contributed by atoms with Crippen LogP contribution in [0.5, 0.6) is 0 Å². The molecule has 0 fully saturated rings. The Bertz CT molecular complexity index is 535. The van der Waals surface area contributed by atoms with E-state index in [9.17, 15) is 0 Å². The van der Waals surface area contributed by atoms with Gasteiger partial charge in [-0.25, -0.2) is 4.98 Å². The number of halogens is 1. The van der Waals surface area contributed by atoms with Crippen molar-refractivity contribution < 1.29 is 0 Å². The number of nitrogens with two attached hydrogens (primary N) is 1. The monoisotopic (exact) mass is 257 g/mol. The van der Waals surface area contributed by atoms with E-state index in [1.165, 1.54) is 11.3 Å². The number of anilines is 1. The van der Waals surface area contributed by atoms with Crippen molar-refractivity contribution in [3.8, 4) is 0 Å². The summed E-state index contributed by atoms with van der Waals surface area (Å²) >= 11 is 12.3. The van der Waals surface area contributed by atoms with Crippen LogP contribution in [0.1, 0.15) is 5.56 Å². The number of hydrogen-bond donors (Lipinski definition) is 2. The maximum Gasteiger partial charge on any atom is 0.190 e. The zero-order valence-corrected chi connectivity index (χ0v) is 10.3. The van der Waals surface area contributed by atoms with Crippen LogP contribution >= 0.6 is 35.2 Å². The van der Waals surface area contributed by atoms with Gasteiger partial charge in [0.2, 0.25) is 0 Å². The van der Waals surface area contributed by atoms with E-state index < -0.39 is 0 Å². The van der Waals surface area contributed by atoms with Crippen LogP contribution in [0.4, 0.5) is 5.13 Å². The van der Waals surface area contributed by atoms with E-state index in [0.717, 1.165) is 15.8 Å². The number of hydrogen-bond acceptors (Lipinski definition) is 3. The normalized spacial score (nSPS) is 10.5. The molecule has 1 heterocycles. The molecule has 0 radical (unpaired) electrons. The Hall–Kier alpha value is -0.910. The molecule has 2 rings (SSSR count). The van der Waals surface area contributed by atoms with Gasteiger partial charge in [0.15, 0.2) is 10.2 Å². The minimum atomic E-state index is 0.210. The second kappa shape index (κ2) is 3.92. The van der Waals surface area contributed by atoms with Crippen molar-refractivity contribution in [1.82, 2.24) is 4.98 Å². The zero-order chi connectivity index (χ0) is 11.0. The predicted molar refractivity (Wildman–Crippen MR) is 69.8 cm³/mol. The van der Waals surface area contributed by atoms with E-state index in [-0.39, 0.29) is 5.11 Å². The highest BCUT2D eigenvalue weighted by atomic mass is 35.5. The number of rotatable bonds is 1. The van der Waals surface area contributed by atoms with E-state index in [2.05, 4.69) is 10.3 Å². The first-order chi connectivity index (χ1) is 7.06. The highest BCUT2D eigenvalue weighted by Crippen LogP contribution is 2.31. The lowest BCUT2D eigenvalue weighted by atomic mass is 10.2. The third kappa shape index (κ3) is 2.19. The number of nitrogens with zero attached hydrogens (tertiary/aromatic N) is 1. The van der Waals surface area contributed by atoms with Gasteiger partial charge in [0.1, 0.15) is 5.52 Å². The molecule has 0 saturated carbocycles. The summed E-state index contributed by atoms with van der Waals surface area (Å²) in [6.45, 7) is 1.99. The molecule has 15 heavy (non-hydrogen) atoms. The number of nitrogens with one attached hydrogen (secondary N) is 1. The van der Waals surface area contributed by atoms with Crippen molar-refractivity contribution in [3.05, 3.63) is 22.7 Å². The number of thiazole rings is 1. The predicted octanol–water partition coefficient (Wildman–Crippen LogP) is 2.91. The third-order valence-corrected chi connectivity index (χ3v) is 3.13. The van der Waals surface area contributed by atoms with Crippen molar-refractivity contribution in [1.29, 1.82) is 0 Å². The number of benzene rings is 1. The van der Waals surface area contributed by atoms with Crippen LogP contribution in [0.2, 0.25) is 5.02 Å². The summed E-state index contributed by atoms with van der Waals surface area (Å²) in [6.07, 6.45) is 0. The Morgan fingerprint density at radius 3 is 3.00 bits per heavy atom. The summed E-state index contributed by atoms with van der Waals surface area (Å²) in [7, 11) is 0. The van der Waals surface area contributed by atoms with E-state index >= 15 is 0 Å². The summed E-state index contributed by atoms with van der Waals surface area (Å²) in [5.74, 6) is 0. The first kappa shape index (κ1) is 10.6. The topological polar surface area (TPSA) is 50.9 Å². The van der Waals surface area contributed by atoms with E-state index in [0.29, 0.717) is 10.2 Å². The van der Waals surface area contributed by atoms with Crippen LogP contribution < -0.4 is 11.1 Å². The Morgan fingerprint density at radius 2 is 2.33 bits per heavy atom. The summed E-state index contributed by atoms with van der Waals surface area (Å²) in [6, 6.07) is 3.91. The molecule has 1 aromatic carbocycles. The Labute approximate surface area is 101 Å². The molecular weight excluding hydrogens is 250 g/mol. The average Bonchev–Trinajstić information content (AvgIpc) is 2.45. The summed E-state index contributed by atoms with van der Waals surface area (Å²) in [5.41, 5.74) is 7.26. The minimum Gasteiger partial charge on any atom is -0.376 e. The van der Waals surface area contributed by atoms with Gasteiger partial charge < -0.3 is 11.1 Å². The zero-order valence-electron chi connectivity index (χ0n) is 7.87. The van der Waals surface area contributed by atoms with Gasteiger partial charge in [0, 0.05) is 0 Å². The molecule has 0 bridgehead atoms. The van der Waals surface area contributed by atoms with Gasteiger partial charge in [-0.1, -0.05) is 22.9 Å². The van der Waals surface area contributed by atoms with Crippen LogP contribution in [0.25, 0.3) is 10.2 Å². The molecule has 0 aliphatic heterocycles. The molecule has 3 nitrogen and oxygen atoms in total. The highest BCUT2D eigenvalue weighted by molar-refractivity contribution is 7.80. The molecule has 1 aromatic heterocycles. The molecule has 78 valence electrons. The fourth-order valence-electron chi connectivity index (χ4n) is 1.28. The largest absolute Gasteiger partial charge is 0.376 e. The van der Waals surface area contributed by atoms with Crippen LogP contribution in [-0.2, 0) is 0 Å². The lowest BCUT2D eigenvalue weighted by Gasteiger charge is -1.95. The highest BCUT2D eigenvalue weighted by Gasteiger charge is 2.08. The first-order valence-corrected chi connectivity index (χ1v) is 5.79. The van der Waals surface area contributed by atoms with Crippen molar-refractivity contribution in [2.45, 2.75) is 6.92 Å². The Kier molecular flexibility index (Phi) is 2.77. The van der Waals surface area contributed by atoms with Crippen LogP contribution in [0.3, 0.4) is 0 Å². The van der Waals surface area contributed by atoms with E-state index in [4.69, 9.17) is 29.6 Å². The maximum atomic E-state index is 6.06. The van der Waals surface area contributed by atoms with E-state index in [1.807, 2.05) is 19.1 Å². The molecule has 0 amide bonds. The second-order valence-electron chi connectivity index (χ2n) is 3.10. The van der Waals surface area contributed by atoms with Crippen LogP contribution in [-0.4, -0.2) is 10.1 Å². The SMILES string of the molecule is Cc1cc(Cl)c2nc(NC(N)=S)sc2c1. The fraction of sp³-hybridized carbons (Fsp3) is 0.111. The molecule has 3 N–H and O–H groups in total. The number of aryl methyl sites for hydroxylation is 1. The van der Waals surface area contributed by atoms with Crippen molar-refractivity contribution in [3.63, 3.8) is 0 Å². The summed E-state index contributed by atoms with van der Waals surface area (Å²) in [5, 5.41) is 4.33. The Morgan fingerprint density at radius 1 is 1.60 bits per heavy atom. The molecule has 0 spiro atoms. The van der Waals surface area contributed by atoms with Gasteiger partial charge in [-0.05, 0) is 36.8 Å². The van der Waals surface area contributed by atoms with Crippen molar-refractivity contribution in [2.24, 2.45) is 5.73 Å². The standard InChI is InChI=1S/C9H8ClN3S2/c1-4-2-5(10)7-6(3-4)15-9(12-7)13-8(11)14/h2-3H,1H3,(H3,11,12,13,14). The average molecular weight is 258 g/mol. The van der Waals surface area contributed by atoms with Gasteiger partial charge in [-0.3, -0.25) is 0 Å². The summed E-state index contributed by atoms with van der Waals surface area (Å²) in [4.78, 5) is 4.30. The third-order valence-electron chi connectivity index (χ3n) is 1.82.